The van der Waals surface area contributed by atoms with Crippen molar-refractivity contribution in [3.63, 3.8) is 0 Å². The van der Waals surface area contributed by atoms with Crippen LogP contribution in [0.15, 0.2) is 42.6 Å². The van der Waals surface area contributed by atoms with Crippen LogP contribution >= 0.6 is 11.6 Å². The summed E-state index contributed by atoms with van der Waals surface area (Å²) in [6.45, 7) is 7.85. The van der Waals surface area contributed by atoms with E-state index in [0.717, 1.165) is 43.9 Å². The summed E-state index contributed by atoms with van der Waals surface area (Å²) in [5.74, 6) is 0.662. The number of hydrogen-bond donors (Lipinski definition) is 3. The van der Waals surface area contributed by atoms with Gasteiger partial charge in [0.2, 0.25) is 11.9 Å². The Morgan fingerprint density at radius 1 is 1.17 bits per heavy atom. The molecule has 12 nitrogen and oxygen atoms in total. The molecule has 2 fully saturated rings. The summed E-state index contributed by atoms with van der Waals surface area (Å²) in [7, 11) is 2.11. The Balaban J connectivity index is 1.13. The van der Waals surface area contributed by atoms with Crippen LogP contribution in [0, 0.1) is 0 Å². The van der Waals surface area contributed by atoms with E-state index in [1.807, 2.05) is 24.3 Å². The molecule has 46 heavy (non-hydrogen) atoms. The molecule has 6 rings (SSSR count). The van der Waals surface area contributed by atoms with E-state index in [4.69, 9.17) is 21.3 Å². The molecule has 5 heterocycles. The first-order chi connectivity index (χ1) is 22.2. The number of hydrogen-bond acceptors (Lipinski definition) is 10. The van der Waals surface area contributed by atoms with Crippen LogP contribution in [0.3, 0.4) is 0 Å². The standard InChI is InChI=1S/C33H41ClN8O4/c1-20-17-41(12-11-40(20)3)29-6-4-5-27(37-29)28(19-43)38-31(44)21(2)42-18-23-8-7-22(15-25(23)32(42)45)30-26(34)16-35-33(39-30)36-24-9-13-46-14-10-24/h4-8,15-16,20-21,24,28,43H,9-14,17-19H2,1-3H3,(H,38,44)(H,35,36,39)/t20-,21?,28?/m0/s1. The van der Waals surface area contributed by atoms with Crippen molar-refractivity contribution < 1.29 is 19.4 Å². The first-order valence-electron chi connectivity index (χ1n) is 15.9. The van der Waals surface area contributed by atoms with Gasteiger partial charge in [-0.2, -0.15) is 0 Å². The average molecular weight is 649 g/mol. The molecular weight excluding hydrogens is 608 g/mol. The fraction of sp³-hybridized carbons (Fsp3) is 0.485. The molecule has 2 saturated heterocycles. The van der Waals surface area contributed by atoms with E-state index in [1.54, 1.807) is 25.3 Å². The topological polar surface area (TPSA) is 136 Å². The molecule has 13 heteroatoms. The number of nitrogens with zero attached hydrogens (tertiary/aromatic N) is 6. The van der Waals surface area contributed by atoms with Crippen molar-refractivity contribution in [1.29, 1.82) is 0 Å². The molecule has 3 aliphatic heterocycles. The number of benzene rings is 1. The van der Waals surface area contributed by atoms with Gasteiger partial charge < -0.3 is 35.2 Å². The fourth-order valence-corrected chi connectivity index (χ4v) is 6.36. The lowest BCUT2D eigenvalue weighted by Crippen LogP contribution is -2.50. The predicted octanol–water partition coefficient (Wildman–Crippen LogP) is 3.12. The number of rotatable bonds is 9. The highest BCUT2D eigenvalue weighted by atomic mass is 35.5. The van der Waals surface area contributed by atoms with E-state index in [2.05, 4.69) is 44.4 Å². The molecule has 1 aromatic carbocycles. The SMILES string of the molecule is CC(C(=O)NC(CO)c1cccc(N2CCN(C)[C@@H](C)C2)n1)N1Cc2ccc(-c3nc(NC4CCOCC4)ncc3Cl)cc2C1=O. The molecule has 0 bridgehead atoms. The lowest BCUT2D eigenvalue weighted by atomic mass is 10.0. The number of ether oxygens (including phenoxy) is 1. The molecule has 3 atom stereocenters. The molecule has 2 unspecified atom stereocenters. The summed E-state index contributed by atoms with van der Waals surface area (Å²) < 4.78 is 5.44. The molecule has 0 saturated carbocycles. The number of aromatic nitrogens is 3. The monoisotopic (exact) mass is 648 g/mol. The second-order valence-electron chi connectivity index (χ2n) is 12.3. The maximum Gasteiger partial charge on any atom is 0.255 e. The number of carbonyl (C=O) groups is 2. The highest BCUT2D eigenvalue weighted by Gasteiger charge is 2.35. The molecule has 3 aliphatic rings. The van der Waals surface area contributed by atoms with Gasteiger partial charge >= 0.3 is 0 Å². The fourth-order valence-electron chi connectivity index (χ4n) is 6.16. The number of aliphatic hydroxyl groups is 1. The van der Waals surface area contributed by atoms with Crippen LogP contribution in [0.5, 0.6) is 0 Å². The van der Waals surface area contributed by atoms with E-state index in [-0.39, 0.29) is 31.0 Å². The normalized spacial score (nSPS) is 20.4. The largest absolute Gasteiger partial charge is 0.394 e. The van der Waals surface area contributed by atoms with E-state index in [9.17, 15) is 14.7 Å². The smallest absolute Gasteiger partial charge is 0.255 e. The number of carbonyl (C=O) groups excluding carboxylic acids is 2. The Morgan fingerprint density at radius 3 is 2.74 bits per heavy atom. The number of fused-ring (bicyclic) bond motifs is 1. The lowest BCUT2D eigenvalue weighted by molar-refractivity contribution is -0.126. The molecule has 2 aromatic heterocycles. The van der Waals surface area contributed by atoms with Crippen LogP contribution in [-0.2, 0) is 16.1 Å². The second kappa shape index (κ2) is 13.9. The number of nitrogens with one attached hydrogen (secondary N) is 2. The van der Waals surface area contributed by atoms with Crippen molar-refractivity contribution in [2.45, 2.75) is 57.4 Å². The first kappa shape index (κ1) is 32.1. The van der Waals surface area contributed by atoms with Crippen LogP contribution in [-0.4, -0.2) is 106 Å². The van der Waals surface area contributed by atoms with Gasteiger partial charge in [0.15, 0.2) is 0 Å². The van der Waals surface area contributed by atoms with Gasteiger partial charge in [0.05, 0.1) is 35.3 Å². The predicted molar refractivity (Wildman–Crippen MR) is 176 cm³/mol. The van der Waals surface area contributed by atoms with Gasteiger partial charge in [-0.1, -0.05) is 29.8 Å². The number of pyridine rings is 1. The number of piperazine rings is 1. The van der Waals surface area contributed by atoms with E-state index < -0.39 is 12.1 Å². The Bertz CT molecular complexity index is 1580. The molecule has 3 aromatic rings. The lowest BCUT2D eigenvalue weighted by Gasteiger charge is -2.38. The number of likely N-dealkylation sites (N-methyl/N-ethyl adjacent to an activating group) is 1. The van der Waals surface area contributed by atoms with Crippen molar-refractivity contribution >= 4 is 35.2 Å². The summed E-state index contributed by atoms with van der Waals surface area (Å²) in [5, 5.41) is 16.9. The van der Waals surface area contributed by atoms with Gasteiger partial charge in [-0.05, 0) is 57.5 Å². The zero-order valence-electron chi connectivity index (χ0n) is 26.4. The minimum atomic E-state index is -0.781. The van der Waals surface area contributed by atoms with Crippen molar-refractivity contribution in [3.8, 4) is 11.3 Å². The maximum absolute atomic E-state index is 13.6. The molecule has 0 aliphatic carbocycles. The number of aliphatic hydroxyl groups excluding tert-OH is 1. The van der Waals surface area contributed by atoms with Crippen molar-refractivity contribution in [1.82, 2.24) is 30.1 Å². The van der Waals surface area contributed by atoms with Gasteiger partial charge in [-0.15, -0.1) is 0 Å². The molecule has 2 amide bonds. The number of amides is 2. The van der Waals surface area contributed by atoms with Crippen molar-refractivity contribution in [2.75, 3.05) is 56.7 Å². The summed E-state index contributed by atoms with van der Waals surface area (Å²) in [6, 6.07) is 10.3. The van der Waals surface area contributed by atoms with Crippen LogP contribution in [0.2, 0.25) is 5.02 Å². The van der Waals surface area contributed by atoms with E-state index >= 15 is 0 Å². The van der Waals surface area contributed by atoms with Gasteiger partial charge in [0.1, 0.15) is 11.9 Å². The Labute approximate surface area is 274 Å². The molecule has 0 radical (unpaired) electrons. The highest BCUT2D eigenvalue weighted by molar-refractivity contribution is 6.33. The quantitative estimate of drug-likeness (QED) is 0.318. The first-order valence-corrected chi connectivity index (χ1v) is 16.2. The van der Waals surface area contributed by atoms with E-state index in [1.165, 1.54) is 4.90 Å². The Morgan fingerprint density at radius 2 is 1.98 bits per heavy atom. The molecule has 0 spiro atoms. The number of halogens is 1. The summed E-state index contributed by atoms with van der Waals surface area (Å²) >= 11 is 6.51. The number of anilines is 2. The third-order valence-electron chi connectivity index (χ3n) is 9.26. The van der Waals surface area contributed by atoms with Crippen molar-refractivity contribution in [3.05, 3.63) is 64.4 Å². The van der Waals surface area contributed by atoms with Crippen LogP contribution in [0.25, 0.3) is 11.3 Å². The zero-order chi connectivity index (χ0) is 32.4. The van der Waals surface area contributed by atoms with Gasteiger partial charge in [0.25, 0.3) is 5.91 Å². The minimum Gasteiger partial charge on any atom is -0.394 e. The summed E-state index contributed by atoms with van der Waals surface area (Å²) in [6.07, 6.45) is 3.30. The van der Waals surface area contributed by atoms with Gasteiger partial charge in [-0.3, -0.25) is 9.59 Å². The molecule has 3 N–H and O–H groups in total. The third-order valence-corrected chi connectivity index (χ3v) is 9.53. The minimum absolute atomic E-state index is 0.219. The van der Waals surface area contributed by atoms with Gasteiger partial charge in [-0.25, -0.2) is 15.0 Å². The van der Waals surface area contributed by atoms with Gasteiger partial charge in [0, 0.05) is 62.6 Å². The summed E-state index contributed by atoms with van der Waals surface area (Å²) in [4.78, 5) is 46.9. The van der Waals surface area contributed by atoms with Crippen LogP contribution < -0.4 is 15.5 Å². The Kier molecular flexibility index (Phi) is 9.69. The second-order valence-corrected chi connectivity index (χ2v) is 12.7. The van der Waals surface area contributed by atoms with Crippen LogP contribution in [0.1, 0.15) is 54.3 Å². The maximum atomic E-state index is 13.6. The highest BCUT2D eigenvalue weighted by Crippen LogP contribution is 2.32. The average Bonchev–Trinajstić information content (AvgIpc) is 3.41. The molecular formula is C33H41ClN8O4. The zero-order valence-corrected chi connectivity index (χ0v) is 27.2. The summed E-state index contributed by atoms with van der Waals surface area (Å²) in [5.41, 5.74) is 3.10. The molecule has 244 valence electrons. The Hall–Kier alpha value is -3.84. The third kappa shape index (κ3) is 6.80. The van der Waals surface area contributed by atoms with E-state index in [0.29, 0.717) is 52.7 Å². The van der Waals surface area contributed by atoms with Crippen molar-refractivity contribution in [2.24, 2.45) is 0 Å². The van der Waals surface area contributed by atoms with Crippen LogP contribution in [0.4, 0.5) is 11.8 Å².